The molecule has 0 aliphatic heterocycles. The number of hydrogen-bond donors (Lipinski definition) is 1. The topological polar surface area (TPSA) is 12.0 Å². The molecule has 0 heterocycles. The Morgan fingerprint density at radius 2 is 2.12 bits per heavy atom. The van der Waals surface area contributed by atoms with Gasteiger partial charge in [0.1, 0.15) is 5.82 Å². The van der Waals surface area contributed by atoms with Crippen molar-refractivity contribution in [3.63, 3.8) is 0 Å². The third-order valence-corrected chi connectivity index (χ3v) is 4.30. The lowest BCUT2D eigenvalue weighted by atomic mass is 9.91. The first kappa shape index (κ1) is 13.0. The summed E-state index contributed by atoms with van der Waals surface area (Å²) < 4.78 is 14.9. The number of rotatable bonds is 4. The quantitative estimate of drug-likeness (QED) is 0.867. The number of halogens is 2. The number of nitrogens with one attached hydrogen (secondary N) is 1. The first-order chi connectivity index (χ1) is 8.24. The molecule has 1 aliphatic carbocycles. The van der Waals surface area contributed by atoms with Crippen LogP contribution < -0.4 is 5.32 Å². The highest BCUT2D eigenvalue weighted by Gasteiger charge is 2.28. The van der Waals surface area contributed by atoms with Crippen LogP contribution in [0.4, 0.5) is 4.39 Å². The van der Waals surface area contributed by atoms with Crippen LogP contribution in [-0.2, 0) is 0 Å². The van der Waals surface area contributed by atoms with E-state index in [-0.39, 0.29) is 11.9 Å². The Kier molecular flexibility index (Phi) is 4.57. The zero-order valence-electron chi connectivity index (χ0n) is 10.2. The van der Waals surface area contributed by atoms with Gasteiger partial charge in [0.15, 0.2) is 0 Å². The normalized spacial score (nSPS) is 18.5. The van der Waals surface area contributed by atoms with Crippen molar-refractivity contribution in [1.29, 1.82) is 0 Å². The summed E-state index contributed by atoms with van der Waals surface area (Å²) in [6.07, 6.45) is 4.97. The highest BCUT2D eigenvalue weighted by Crippen LogP contribution is 2.39. The van der Waals surface area contributed by atoms with E-state index in [1.807, 2.05) is 6.07 Å². The van der Waals surface area contributed by atoms with Gasteiger partial charge in [-0.05, 0) is 37.4 Å². The van der Waals surface area contributed by atoms with E-state index in [2.05, 4.69) is 28.2 Å². The molecule has 17 heavy (non-hydrogen) atoms. The summed E-state index contributed by atoms with van der Waals surface area (Å²) in [7, 11) is 0. The molecule has 3 heteroatoms. The first-order valence-electron chi connectivity index (χ1n) is 6.41. The summed E-state index contributed by atoms with van der Waals surface area (Å²) >= 11 is 3.48. The molecule has 0 radical (unpaired) electrons. The lowest BCUT2D eigenvalue weighted by Crippen LogP contribution is -2.28. The summed E-state index contributed by atoms with van der Waals surface area (Å²) in [5.74, 6) is 0.473. The Morgan fingerprint density at radius 1 is 1.41 bits per heavy atom. The van der Waals surface area contributed by atoms with E-state index in [9.17, 15) is 4.39 Å². The van der Waals surface area contributed by atoms with Crippen LogP contribution in [0.3, 0.4) is 0 Å². The zero-order valence-corrected chi connectivity index (χ0v) is 11.8. The van der Waals surface area contributed by atoms with Gasteiger partial charge >= 0.3 is 0 Å². The molecule has 0 amide bonds. The maximum absolute atomic E-state index is 14.0. The Labute approximate surface area is 111 Å². The van der Waals surface area contributed by atoms with Gasteiger partial charge in [-0.2, -0.15) is 0 Å². The molecule has 1 saturated carbocycles. The summed E-state index contributed by atoms with van der Waals surface area (Å²) in [5, 5.41) is 3.45. The monoisotopic (exact) mass is 299 g/mol. The minimum absolute atomic E-state index is 0.0998. The van der Waals surface area contributed by atoms with Crippen LogP contribution >= 0.6 is 15.9 Å². The van der Waals surface area contributed by atoms with Crippen molar-refractivity contribution >= 4 is 15.9 Å². The fourth-order valence-corrected chi connectivity index (χ4v) is 3.41. The Balaban J connectivity index is 2.31. The maximum atomic E-state index is 14.0. The Morgan fingerprint density at radius 3 is 2.71 bits per heavy atom. The maximum Gasteiger partial charge on any atom is 0.129 e. The fourth-order valence-electron chi connectivity index (χ4n) is 2.82. The van der Waals surface area contributed by atoms with Gasteiger partial charge in [-0.25, -0.2) is 4.39 Å². The van der Waals surface area contributed by atoms with Crippen molar-refractivity contribution in [1.82, 2.24) is 5.32 Å². The molecule has 1 fully saturated rings. The third kappa shape index (κ3) is 2.89. The molecule has 1 N–H and O–H groups in total. The van der Waals surface area contributed by atoms with Gasteiger partial charge in [0.25, 0.3) is 0 Å². The van der Waals surface area contributed by atoms with Gasteiger partial charge < -0.3 is 5.32 Å². The van der Waals surface area contributed by atoms with Crippen LogP contribution in [0.2, 0.25) is 0 Å². The van der Waals surface area contributed by atoms with Crippen LogP contribution in [0.25, 0.3) is 0 Å². The second-order valence-electron chi connectivity index (χ2n) is 4.72. The largest absolute Gasteiger partial charge is 0.310 e. The zero-order chi connectivity index (χ0) is 12.3. The van der Waals surface area contributed by atoms with Gasteiger partial charge in [0.05, 0.1) is 0 Å². The Hall–Kier alpha value is -0.410. The first-order valence-corrected chi connectivity index (χ1v) is 7.20. The van der Waals surface area contributed by atoms with Crippen molar-refractivity contribution < 1.29 is 4.39 Å². The van der Waals surface area contributed by atoms with Crippen LogP contribution in [0.15, 0.2) is 22.7 Å². The van der Waals surface area contributed by atoms with Gasteiger partial charge in [-0.15, -0.1) is 0 Å². The standard InChI is InChI=1S/C14H19BrFN/c1-2-17-14(10-6-3-4-7-10)13-11(15)8-5-9-12(13)16/h5,8-10,14,17H,2-4,6-7H2,1H3. The van der Waals surface area contributed by atoms with E-state index in [0.717, 1.165) is 16.6 Å². The minimum atomic E-state index is -0.0998. The predicted molar refractivity (Wildman–Crippen MR) is 72.5 cm³/mol. The fraction of sp³-hybridized carbons (Fsp3) is 0.571. The smallest absolute Gasteiger partial charge is 0.129 e. The van der Waals surface area contributed by atoms with Crippen molar-refractivity contribution in [3.05, 3.63) is 34.1 Å². The van der Waals surface area contributed by atoms with Crippen molar-refractivity contribution in [2.75, 3.05) is 6.54 Å². The average molecular weight is 300 g/mol. The number of hydrogen-bond acceptors (Lipinski definition) is 1. The highest BCUT2D eigenvalue weighted by atomic mass is 79.9. The van der Waals surface area contributed by atoms with Crippen LogP contribution in [-0.4, -0.2) is 6.54 Å². The van der Waals surface area contributed by atoms with Crippen molar-refractivity contribution in [3.8, 4) is 0 Å². The summed E-state index contributed by atoms with van der Waals surface area (Å²) in [5.41, 5.74) is 0.807. The molecule has 0 aromatic heterocycles. The second kappa shape index (κ2) is 5.96. The third-order valence-electron chi connectivity index (χ3n) is 3.61. The molecule has 2 rings (SSSR count). The number of benzene rings is 1. The van der Waals surface area contributed by atoms with Gasteiger partial charge in [0, 0.05) is 16.1 Å². The van der Waals surface area contributed by atoms with E-state index in [1.165, 1.54) is 25.7 Å². The molecule has 0 saturated heterocycles. The molecular weight excluding hydrogens is 281 g/mol. The van der Waals surface area contributed by atoms with Gasteiger partial charge in [-0.3, -0.25) is 0 Å². The van der Waals surface area contributed by atoms with Crippen molar-refractivity contribution in [2.24, 2.45) is 5.92 Å². The lowest BCUT2D eigenvalue weighted by molar-refractivity contribution is 0.362. The minimum Gasteiger partial charge on any atom is -0.310 e. The van der Waals surface area contributed by atoms with E-state index in [0.29, 0.717) is 5.92 Å². The predicted octanol–water partition coefficient (Wildman–Crippen LogP) is 4.43. The van der Waals surface area contributed by atoms with Crippen LogP contribution in [0, 0.1) is 11.7 Å². The van der Waals surface area contributed by atoms with Crippen LogP contribution in [0.5, 0.6) is 0 Å². The SMILES string of the molecule is CCNC(c1c(F)cccc1Br)C1CCCC1. The Bertz CT molecular complexity index is 354. The van der Waals surface area contributed by atoms with Gasteiger partial charge in [-0.1, -0.05) is 41.8 Å². The van der Waals surface area contributed by atoms with E-state index in [4.69, 9.17) is 0 Å². The second-order valence-corrected chi connectivity index (χ2v) is 5.57. The molecule has 1 aromatic carbocycles. The van der Waals surface area contributed by atoms with E-state index >= 15 is 0 Å². The molecule has 0 bridgehead atoms. The summed E-state index contributed by atoms with van der Waals surface area (Å²) in [4.78, 5) is 0. The van der Waals surface area contributed by atoms with Crippen LogP contribution in [0.1, 0.15) is 44.2 Å². The highest BCUT2D eigenvalue weighted by molar-refractivity contribution is 9.10. The molecular formula is C14H19BrFN. The molecule has 1 atom stereocenters. The van der Waals surface area contributed by atoms with Gasteiger partial charge in [0.2, 0.25) is 0 Å². The molecule has 1 aromatic rings. The summed E-state index contributed by atoms with van der Waals surface area (Å²) in [6.45, 7) is 2.96. The van der Waals surface area contributed by atoms with E-state index in [1.54, 1.807) is 12.1 Å². The molecule has 1 unspecified atom stereocenters. The lowest BCUT2D eigenvalue weighted by Gasteiger charge is -2.26. The molecule has 1 aliphatic rings. The molecule has 94 valence electrons. The molecule has 0 spiro atoms. The average Bonchev–Trinajstić information content (AvgIpc) is 2.80. The molecule has 1 nitrogen and oxygen atoms in total. The van der Waals surface area contributed by atoms with Crippen molar-refractivity contribution in [2.45, 2.75) is 38.6 Å². The summed E-state index contributed by atoms with van der Waals surface area (Å²) in [6, 6.07) is 5.38. The van der Waals surface area contributed by atoms with E-state index < -0.39 is 0 Å².